The van der Waals surface area contributed by atoms with Gasteiger partial charge in [-0.15, -0.1) is 0 Å². The first-order valence-electron chi connectivity index (χ1n) is 7.54. The molecule has 118 valence electrons. The van der Waals surface area contributed by atoms with E-state index in [4.69, 9.17) is 24.7 Å². The minimum atomic E-state index is -0.376. The van der Waals surface area contributed by atoms with Gasteiger partial charge in [0.1, 0.15) is 0 Å². The molecule has 0 aromatic heterocycles. The highest BCUT2D eigenvalue weighted by molar-refractivity contribution is 5.62. The first-order chi connectivity index (χ1) is 10.1. The Morgan fingerprint density at radius 2 is 1.95 bits per heavy atom. The standard InChI is InChI=1S/C16H25NO4/c1-4-18-14-9-12(16-19-6-5-7-20-16)8-13(17)15(14)21-10-11(2)3/h8-9,11,16H,4-7,10,17H2,1-3H3. The number of rotatable bonds is 6. The van der Waals surface area contributed by atoms with E-state index in [9.17, 15) is 0 Å². The molecule has 1 saturated heterocycles. The van der Waals surface area contributed by atoms with E-state index in [0.29, 0.717) is 49.5 Å². The lowest BCUT2D eigenvalue weighted by Crippen LogP contribution is -2.18. The molecule has 1 aliphatic rings. The molecule has 1 fully saturated rings. The molecular weight excluding hydrogens is 270 g/mol. The van der Waals surface area contributed by atoms with Gasteiger partial charge in [0.05, 0.1) is 32.1 Å². The number of benzene rings is 1. The van der Waals surface area contributed by atoms with Gasteiger partial charge in [0.2, 0.25) is 0 Å². The van der Waals surface area contributed by atoms with Gasteiger partial charge in [-0.25, -0.2) is 0 Å². The van der Waals surface area contributed by atoms with Crippen molar-refractivity contribution in [2.24, 2.45) is 5.92 Å². The van der Waals surface area contributed by atoms with Crippen molar-refractivity contribution < 1.29 is 18.9 Å². The summed E-state index contributed by atoms with van der Waals surface area (Å²) in [6, 6.07) is 3.74. The maximum absolute atomic E-state index is 6.13. The molecule has 1 heterocycles. The Labute approximate surface area is 126 Å². The van der Waals surface area contributed by atoms with Crippen LogP contribution in [0.1, 0.15) is 39.0 Å². The van der Waals surface area contributed by atoms with Gasteiger partial charge < -0.3 is 24.7 Å². The largest absolute Gasteiger partial charge is 0.490 e. The molecule has 0 unspecified atom stereocenters. The van der Waals surface area contributed by atoms with Crippen molar-refractivity contribution in [2.75, 3.05) is 32.2 Å². The molecule has 21 heavy (non-hydrogen) atoms. The Morgan fingerprint density at radius 1 is 1.24 bits per heavy atom. The maximum atomic E-state index is 6.13. The van der Waals surface area contributed by atoms with Crippen LogP contribution in [0, 0.1) is 5.92 Å². The third-order valence-electron chi connectivity index (χ3n) is 3.07. The smallest absolute Gasteiger partial charge is 0.184 e. The van der Waals surface area contributed by atoms with Crippen molar-refractivity contribution in [1.29, 1.82) is 0 Å². The van der Waals surface area contributed by atoms with Gasteiger partial charge in [0, 0.05) is 5.56 Å². The molecule has 1 aliphatic heterocycles. The molecule has 0 aliphatic carbocycles. The Kier molecular flexibility index (Phi) is 5.70. The summed E-state index contributed by atoms with van der Waals surface area (Å²) in [6.07, 6.45) is 0.541. The van der Waals surface area contributed by atoms with E-state index in [0.717, 1.165) is 12.0 Å². The molecule has 1 aromatic rings. The van der Waals surface area contributed by atoms with Crippen molar-refractivity contribution in [3.05, 3.63) is 17.7 Å². The first kappa shape index (κ1) is 15.9. The fourth-order valence-electron chi connectivity index (χ4n) is 2.13. The minimum Gasteiger partial charge on any atom is -0.490 e. The molecule has 2 N–H and O–H groups in total. The SMILES string of the molecule is CCOc1cc(C2OCCCO2)cc(N)c1OCC(C)C. The van der Waals surface area contributed by atoms with Crippen LogP contribution < -0.4 is 15.2 Å². The van der Waals surface area contributed by atoms with E-state index in [1.54, 1.807) is 0 Å². The Balaban J connectivity index is 2.24. The average Bonchev–Trinajstić information content (AvgIpc) is 2.47. The molecule has 0 saturated carbocycles. The fraction of sp³-hybridized carbons (Fsp3) is 0.625. The monoisotopic (exact) mass is 295 g/mol. The van der Waals surface area contributed by atoms with Gasteiger partial charge in [-0.05, 0) is 31.4 Å². The predicted octanol–water partition coefficient (Wildman–Crippen LogP) is 3.14. The number of nitrogen functional groups attached to an aromatic ring is 1. The summed E-state index contributed by atoms with van der Waals surface area (Å²) in [5, 5.41) is 0. The summed E-state index contributed by atoms with van der Waals surface area (Å²) in [4.78, 5) is 0. The van der Waals surface area contributed by atoms with E-state index in [-0.39, 0.29) is 6.29 Å². The molecule has 5 heteroatoms. The number of anilines is 1. The van der Waals surface area contributed by atoms with Crippen LogP contribution in [0.2, 0.25) is 0 Å². The van der Waals surface area contributed by atoms with Crippen molar-refractivity contribution >= 4 is 5.69 Å². The van der Waals surface area contributed by atoms with Crippen LogP contribution in [-0.4, -0.2) is 26.4 Å². The number of nitrogens with two attached hydrogens (primary N) is 1. The van der Waals surface area contributed by atoms with E-state index >= 15 is 0 Å². The van der Waals surface area contributed by atoms with Crippen LogP contribution >= 0.6 is 0 Å². The second kappa shape index (κ2) is 7.52. The minimum absolute atomic E-state index is 0.376. The third kappa shape index (κ3) is 4.25. The summed E-state index contributed by atoms with van der Waals surface area (Å²) in [6.45, 7) is 8.65. The second-order valence-electron chi connectivity index (χ2n) is 5.50. The van der Waals surface area contributed by atoms with E-state index in [1.165, 1.54) is 0 Å². The predicted molar refractivity (Wildman–Crippen MR) is 81.6 cm³/mol. The lowest BCUT2D eigenvalue weighted by molar-refractivity contribution is -0.183. The van der Waals surface area contributed by atoms with E-state index in [1.807, 2.05) is 19.1 Å². The molecule has 0 bridgehead atoms. The van der Waals surface area contributed by atoms with E-state index < -0.39 is 0 Å². The maximum Gasteiger partial charge on any atom is 0.184 e. The highest BCUT2D eigenvalue weighted by Gasteiger charge is 2.21. The molecule has 0 amide bonds. The Hall–Kier alpha value is -1.46. The van der Waals surface area contributed by atoms with Gasteiger partial charge >= 0.3 is 0 Å². The van der Waals surface area contributed by atoms with Crippen LogP contribution in [0.15, 0.2) is 12.1 Å². The number of ether oxygens (including phenoxy) is 4. The Morgan fingerprint density at radius 3 is 2.57 bits per heavy atom. The van der Waals surface area contributed by atoms with Crippen molar-refractivity contribution in [2.45, 2.75) is 33.5 Å². The Bertz CT molecular complexity index is 456. The molecule has 0 radical (unpaired) electrons. The van der Waals surface area contributed by atoms with Gasteiger partial charge in [0.25, 0.3) is 0 Å². The van der Waals surface area contributed by atoms with Crippen molar-refractivity contribution in [3.8, 4) is 11.5 Å². The lowest BCUT2D eigenvalue weighted by atomic mass is 10.1. The van der Waals surface area contributed by atoms with Gasteiger partial charge in [-0.3, -0.25) is 0 Å². The van der Waals surface area contributed by atoms with Crippen LogP contribution in [0.25, 0.3) is 0 Å². The fourth-order valence-corrected chi connectivity index (χ4v) is 2.13. The lowest BCUT2D eigenvalue weighted by Gasteiger charge is -2.25. The molecule has 1 aromatic carbocycles. The van der Waals surface area contributed by atoms with Crippen LogP contribution in [-0.2, 0) is 9.47 Å². The highest BCUT2D eigenvalue weighted by atomic mass is 16.7. The summed E-state index contributed by atoms with van der Waals surface area (Å²) >= 11 is 0. The summed E-state index contributed by atoms with van der Waals surface area (Å²) in [5.41, 5.74) is 7.55. The molecule has 5 nitrogen and oxygen atoms in total. The van der Waals surface area contributed by atoms with Crippen LogP contribution in [0.4, 0.5) is 5.69 Å². The quantitative estimate of drug-likeness (QED) is 0.817. The van der Waals surface area contributed by atoms with Crippen molar-refractivity contribution in [3.63, 3.8) is 0 Å². The summed E-state index contributed by atoms with van der Waals surface area (Å²) in [5.74, 6) is 1.67. The molecule has 0 spiro atoms. The van der Waals surface area contributed by atoms with E-state index in [2.05, 4.69) is 13.8 Å². The number of hydrogen-bond donors (Lipinski definition) is 1. The second-order valence-corrected chi connectivity index (χ2v) is 5.50. The zero-order chi connectivity index (χ0) is 15.2. The van der Waals surface area contributed by atoms with Gasteiger partial charge in [-0.2, -0.15) is 0 Å². The molecular formula is C16H25NO4. The van der Waals surface area contributed by atoms with Gasteiger partial charge in [-0.1, -0.05) is 13.8 Å². The highest BCUT2D eigenvalue weighted by Crippen LogP contribution is 2.38. The van der Waals surface area contributed by atoms with Gasteiger partial charge in [0.15, 0.2) is 17.8 Å². The first-order valence-corrected chi connectivity index (χ1v) is 7.54. The molecule has 2 rings (SSSR count). The molecule has 0 atom stereocenters. The summed E-state index contributed by atoms with van der Waals surface area (Å²) < 4.78 is 22.7. The van der Waals surface area contributed by atoms with Crippen LogP contribution in [0.5, 0.6) is 11.5 Å². The number of hydrogen-bond acceptors (Lipinski definition) is 5. The summed E-state index contributed by atoms with van der Waals surface area (Å²) in [7, 11) is 0. The van der Waals surface area contributed by atoms with Crippen LogP contribution in [0.3, 0.4) is 0 Å². The van der Waals surface area contributed by atoms with Crippen molar-refractivity contribution in [1.82, 2.24) is 0 Å². The normalized spacial score (nSPS) is 16.2. The topological polar surface area (TPSA) is 62.9 Å². The third-order valence-corrected chi connectivity index (χ3v) is 3.07. The zero-order valence-electron chi connectivity index (χ0n) is 13.1. The average molecular weight is 295 g/mol. The zero-order valence-corrected chi connectivity index (χ0v) is 13.1.